The lowest BCUT2D eigenvalue weighted by Crippen LogP contribution is -2.19. The van der Waals surface area contributed by atoms with E-state index in [1.165, 1.54) is 4.40 Å². The summed E-state index contributed by atoms with van der Waals surface area (Å²) in [6.45, 7) is 1.77. The Bertz CT molecular complexity index is 1590. The third-order valence-electron chi connectivity index (χ3n) is 6.47. The first-order valence-corrected chi connectivity index (χ1v) is 10.9. The summed E-state index contributed by atoms with van der Waals surface area (Å²) in [4.78, 5) is 25.2. The second-order valence-electron chi connectivity index (χ2n) is 8.56. The number of benzene rings is 2. The van der Waals surface area contributed by atoms with Crippen molar-refractivity contribution in [2.75, 3.05) is 5.32 Å². The number of aromatic nitrogens is 4. The van der Waals surface area contributed by atoms with Crippen molar-refractivity contribution in [3.8, 4) is 0 Å². The van der Waals surface area contributed by atoms with Crippen molar-refractivity contribution in [1.82, 2.24) is 19.4 Å². The van der Waals surface area contributed by atoms with Gasteiger partial charge in [0.05, 0.1) is 16.9 Å². The van der Waals surface area contributed by atoms with Gasteiger partial charge in [0, 0.05) is 22.6 Å². The van der Waals surface area contributed by atoms with Gasteiger partial charge in [-0.05, 0) is 55.7 Å². The zero-order chi connectivity index (χ0) is 23.4. The minimum atomic E-state index is -1.12. The van der Waals surface area contributed by atoms with Crippen LogP contribution in [0, 0.1) is 18.8 Å². The van der Waals surface area contributed by atoms with Gasteiger partial charge in [-0.1, -0.05) is 30.3 Å². The Kier molecular flexibility index (Phi) is 4.45. The van der Waals surface area contributed by atoms with Crippen molar-refractivity contribution in [3.05, 3.63) is 101 Å². The molecule has 8 heteroatoms. The summed E-state index contributed by atoms with van der Waals surface area (Å²) >= 11 is 0. The topological polar surface area (TPSA) is 72.2 Å². The summed E-state index contributed by atoms with van der Waals surface area (Å²) in [5, 5.41) is 3.34. The molecule has 3 aromatic heterocycles. The standard InChI is InChI=1S/C26H19F2N5O/c1-15-21(26(11-12-26)18-9-10-19-17(14-18)8-5-13-29-19)33-23(28)20(22(27)32-25(33)30-15)31-24(34)16-6-3-2-4-7-16/h2-10,13-14H,11-12H2,1H3,(H,31,34). The number of rotatable bonds is 4. The molecule has 1 aliphatic carbocycles. The normalized spacial score (nSPS) is 14.4. The number of carbonyl (C=O) groups is 1. The number of imidazole rings is 1. The van der Waals surface area contributed by atoms with Crippen LogP contribution in [-0.4, -0.2) is 25.3 Å². The molecule has 168 valence electrons. The van der Waals surface area contributed by atoms with Gasteiger partial charge in [-0.25, -0.2) is 4.98 Å². The largest absolute Gasteiger partial charge is 0.314 e. The molecule has 1 amide bonds. The van der Waals surface area contributed by atoms with Crippen LogP contribution in [-0.2, 0) is 5.41 Å². The molecule has 3 heterocycles. The van der Waals surface area contributed by atoms with Gasteiger partial charge in [0.15, 0.2) is 5.69 Å². The molecule has 0 bridgehead atoms. The molecule has 2 aromatic carbocycles. The first-order chi connectivity index (χ1) is 16.5. The third-order valence-corrected chi connectivity index (χ3v) is 6.47. The molecule has 0 radical (unpaired) electrons. The number of anilines is 1. The number of carbonyl (C=O) groups excluding carboxylic acids is 1. The Morgan fingerprint density at radius 3 is 2.59 bits per heavy atom. The van der Waals surface area contributed by atoms with Crippen molar-refractivity contribution in [1.29, 1.82) is 0 Å². The molecule has 6 rings (SSSR count). The number of nitrogens with one attached hydrogen (secondary N) is 1. The Morgan fingerprint density at radius 1 is 1.03 bits per heavy atom. The minimum Gasteiger partial charge on any atom is -0.314 e. The summed E-state index contributed by atoms with van der Waals surface area (Å²) in [6, 6.07) is 18.1. The van der Waals surface area contributed by atoms with Gasteiger partial charge in [-0.3, -0.25) is 14.2 Å². The molecule has 0 atom stereocenters. The molecule has 0 unspecified atom stereocenters. The molecule has 1 aliphatic rings. The van der Waals surface area contributed by atoms with Gasteiger partial charge < -0.3 is 5.32 Å². The molecule has 1 N–H and O–H groups in total. The number of halogens is 2. The highest BCUT2D eigenvalue weighted by Crippen LogP contribution is 2.55. The monoisotopic (exact) mass is 455 g/mol. The SMILES string of the molecule is Cc1nc2nc(F)c(NC(=O)c3ccccc3)c(F)n2c1C1(c2ccc3ncccc3c2)CC1. The van der Waals surface area contributed by atoms with Gasteiger partial charge in [0.2, 0.25) is 17.7 Å². The van der Waals surface area contributed by atoms with Gasteiger partial charge in [-0.15, -0.1) is 0 Å². The average Bonchev–Trinajstić information content (AvgIpc) is 3.58. The molecular weight excluding hydrogens is 436 g/mol. The summed E-state index contributed by atoms with van der Waals surface area (Å²) in [7, 11) is 0. The number of hydrogen-bond acceptors (Lipinski definition) is 4. The molecule has 0 saturated heterocycles. The van der Waals surface area contributed by atoms with E-state index in [1.54, 1.807) is 43.5 Å². The zero-order valence-corrected chi connectivity index (χ0v) is 18.2. The first kappa shape index (κ1) is 20.4. The predicted octanol–water partition coefficient (Wildman–Crippen LogP) is 5.20. The molecule has 0 spiro atoms. The van der Waals surface area contributed by atoms with E-state index in [0.717, 1.165) is 29.3 Å². The highest BCUT2D eigenvalue weighted by atomic mass is 19.1. The molecule has 34 heavy (non-hydrogen) atoms. The van der Waals surface area contributed by atoms with Crippen LogP contribution < -0.4 is 5.32 Å². The Balaban J connectivity index is 1.49. The van der Waals surface area contributed by atoms with Crippen molar-refractivity contribution < 1.29 is 13.6 Å². The van der Waals surface area contributed by atoms with Crippen LogP contribution in [0.1, 0.15) is 40.2 Å². The predicted molar refractivity (Wildman–Crippen MR) is 124 cm³/mol. The van der Waals surface area contributed by atoms with Crippen LogP contribution in [0.3, 0.4) is 0 Å². The number of nitrogens with zero attached hydrogens (tertiary/aromatic N) is 4. The van der Waals surface area contributed by atoms with E-state index in [-0.39, 0.29) is 11.3 Å². The summed E-state index contributed by atoms with van der Waals surface area (Å²) in [5.41, 5.74) is 2.28. The van der Waals surface area contributed by atoms with Gasteiger partial charge in [-0.2, -0.15) is 13.8 Å². The molecular formula is C26H19F2N5O. The number of amides is 1. The number of pyridine rings is 1. The summed E-state index contributed by atoms with van der Waals surface area (Å²) in [6.07, 6.45) is 3.32. The Morgan fingerprint density at radius 2 is 1.82 bits per heavy atom. The van der Waals surface area contributed by atoms with Gasteiger partial charge >= 0.3 is 0 Å². The first-order valence-electron chi connectivity index (χ1n) is 10.9. The fourth-order valence-electron chi connectivity index (χ4n) is 4.72. The van der Waals surface area contributed by atoms with Crippen LogP contribution in [0.5, 0.6) is 0 Å². The van der Waals surface area contributed by atoms with E-state index < -0.39 is 28.9 Å². The van der Waals surface area contributed by atoms with Crippen molar-refractivity contribution in [3.63, 3.8) is 0 Å². The maximum absolute atomic E-state index is 15.8. The van der Waals surface area contributed by atoms with Crippen LogP contribution in [0.15, 0.2) is 66.9 Å². The lowest BCUT2D eigenvalue weighted by atomic mass is 9.90. The molecule has 0 aliphatic heterocycles. The molecule has 5 aromatic rings. The summed E-state index contributed by atoms with van der Waals surface area (Å²) in [5.74, 6) is -2.75. The number of hydrogen-bond donors (Lipinski definition) is 1. The fourth-order valence-corrected chi connectivity index (χ4v) is 4.72. The second kappa shape index (κ2) is 7.41. The van der Waals surface area contributed by atoms with E-state index >= 15 is 4.39 Å². The van der Waals surface area contributed by atoms with Crippen LogP contribution in [0.25, 0.3) is 16.7 Å². The van der Waals surface area contributed by atoms with Crippen LogP contribution in [0.4, 0.5) is 14.5 Å². The maximum Gasteiger partial charge on any atom is 0.255 e. The average molecular weight is 455 g/mol. The molecule has 1 saturated carbocycles. The lowest BCUT2D eigenvalue weighted by molar-refractivity contribution is 0.102. The number of aryl methyl sites for hydroxylation is 1. The Labute approximate surface area is 193 Å². The highest BCUT2D eigenvalue weighted by Gasteiger charge is 2.50. The van der Waals surface area contributed by atoms with E-state index in [1.807, 2.05) is 24.3 Å². The van der Waals surface area contributed by atoms with Crippen molar-refractivity contribution in [2.45, 2.75) is 25.2 Å². The molecule has 6 nitrogen and oxygen atoms in total. The minimum absolute atomic E-state index is 0.0751. The summed E-state index contributed by atoms with van der Waals surface area (Å²) < 4.78 is 31.8. The van der Waals surface area contributed by atoms with Gasteiger partial charge in [0.1, 0.15) is 0 Å². The zero-order valence-electron chi connectivity index (χ0n) is 18.2. The van der Waals surface area contributed by atoms with E-state index in [4.69, 9.17) is 0 Å². The van der Waals surface area contributed by atoms with E-state index in [9.17, 15) is 9.18 Å². The second-order valence-corrected chi connectivity index (χ2v) is 8.56. The molecule has 1 fully saturated rings. The van der Waals surface area contributed by atoms with E-state index in [2.05, 4.69) is 26.3 Å². The number of fused-ring (bicyclic) bond motifs is 2. The van der Waals surface area contributed by atoms with Crippen molar-refractivity contribution in [2.24, 2.45) is 0 Å². The van der Waals surface area contributed by atoms with Crippen LogP contribution >= 0.6 is 0 Å². The van der Waals surface area contributed by atoms with Crippen molar-refractivity contribution >= 4 is 28.3 Å². The Hall–Kier alpha value is -4.20. The van der Waals surface area contributed by atoms with Crippen LogP contribution in [0.2, 0.25) is 0 Å². The fraction of sp³-hybridized carbons (Fsp3) is 0.154. The lowest BCUT2D eigenvalue weighted by Gasteiger charge is -2.19. The quantitative estimate of drug-likeness (QED) is 0.378. The van der Waals surface area contributed by atoms with Gasteiger partial charge in [0.25, 0.3) is 5.91 Å². The maximum atomic E-state index is 15.8. The highest BCUT2D eigenvalue weighted by molar-refractivity contribution is 6.04. The van der Waals surface area contributed by atoms with E-state index in [0.29, 0.717) is 11.4 Å². The smallest absolute Gasteiger partial charge is 0.255 e. The third kappa shape index (κ3) is 3.06.